The summed E-state index contributed by atoms with van der Waals surface area (Å²) in [5.74, 6) is -0.987. The van der Waals surface area contributed by atoms with Gasteiger partial charge in [-0.1, -0.05) is 48.0 Å². The minimum atomic E-state index is -0.801. The molecule has 1 aliphatic heterocycles. The summed E-state index contributed by atoms with van der Waals surface area (Å²) in [4.78, 5) is 28.1. The van der Waals surface area contributed by atoms with E-state index in [1.807, 2.05) is 51.1 Å². The number of Topliss-reactive ketones (excluding diaryl/α,β-unsaturated/α-hetero) is 1. The number of aliphatic hydroxyl groups excluding tert-OH is 1. The van der Waals surface area contributed by atoms with Crippen LogP contribution in [0.3, 0.4) is 0 Å². The van der Waals surface area contributed by atoms with Crippen molar-refractivity contribution in [3.63, 3.8) is 0 Å². The summed E-state index contributed by atoms with van der Waals surface area (Å²) < 4.78 is 5.37. The van der Waals surface area contributed by atoms with Crippen molar-refractivity contribution in [1.29, 1.82) is 0 Å². The number of anilines is 1. The van der Waals surface area contributed by atoms with Crippen molar-refractivity contribution in [2.75, 3.05) is 12.0 Å². The molecule has 0 aromatic heterocycles. The predicted octanol–water partition coefficient (Wildman–Crippen LogP) is 5.90. The van der Waals surface area contributed by atoms with E-state index in [-0.39, 0.29) is 11.3 Å². The second kappa shape index (κ2) is 8.75. The lowest BCUT2D eigenvalue weighted by molar-refractivity contribution is -0.132. The number of halogens is 1. The Hall–Kier alpha value is -3.57. The lowest BCUT2D eigenvalue weighted by Gasteiger charge is -2.27. The molecule has 168 valence electrons. The van der Waals surface area contributed by atoms with Gasteiger partial charge in [-0.25, -0.2) is 0 Å². The van der Waals surface area contributed by atoms with Crippen LogP contribution in [0.25, 0.3) is 5.76 Å². The van der Waals surface area contributed by atoms with Gasteiger partial charge in [0.25, 0.3) is 11.7 Å². The van der Waals surface area contributed by atoms with Crippen molar-refractivity contribution >= 4 is 34.7 Å². The highest BCUT2D eigenvalue weighted by molar-refractivity contribution is 6.52. The number of aliphatic hydroxyl groups is 1. The van der Waals surface area contributed by atoms with E-state index in [0.29, 0.717) is 27.6 Å². The van der Waals surface area contributed by atoms with E-state index >= 15 is 0 Å². The maximum Gasteiger partial charge on any atom is 0.300 e. The highest BCUT2D eigenvalue weighted by Crippen LogP contribution is 2.44. The lowest BCUT2D eigenvalue weighted by atomic mass is 9.93. The molecule has 33 heavy (non-hydrogen) atoms. The molecule has 6 heteroatoms. The molecule has 1 fully saturated rings. The van der Waals surface area contributed by atoms with Crippen LogP contribution >= 0.6 is 11.6 Å². The number of aryl methyl sites for hydroxylation is 3. The van der Waals surface area contributed by atoms with Crippen LogP contribution in [0.1, 0.15) is 33.9 Å². The molecule has 1 aliphatic rings. The summed E-state index contributed by atoms with van der Waals surface area (Å²) in [6, 6.07) is 17.2. The van der Waals surface area contributed by atoms with Gasteiger partial charge in [-0.15, -0.1) is 0 Å². The molecule has 3 aromatic rings. The molecule has 0 spiro atoms. The molecule has 1 atom stereocenters. The van der Waals surface area contributed by atoms with Crippen molar-refractivity contribution in [2.45, 2.75) is 26.8 Å². The van der Waals surface area contributed by atoms with Crippen molar-refractivity contribution in [2.24, 2.45) is 0 Å². The van der Waals surface area contributed by atoms with E-state index in [1.54, 1.807) is 37.4 Å². The Labute approximate surface area is 197 Å². The Bertz CT molecular complexity index is 1300. The molecule has 5 nitrogen and oxygen atoms in total. The zero-order chi connectivity index (χ0) is 23.9. The first-order valence-corrected chi connectivity index (χ1v) is 10.9. The number of hydrogen-bond donors (Lipinski definition) is 1. The predicted molar refractivity (Wildman–Crippen MR) is 130 cm³/mol. The molecule has 1 amide bonds. The monoisotopic (exact) mass is 461 g/mol. The summed E-state index contributed by atoms with van der Waals surface area (Å²) in [5, 5.41) is 11.9. The van der Waals surface area contributed by atoms with Crippen LogP contribution in [0.15, 0.2) is 66.2 Å². The fraction of sp³-hybridized carbons (Fsp3) is 0.185. The number of hydrogen-bond acceptors (Lipinski definition) is 4. The normalized spacial score (nSPS) is 17.5. The lowest BCUT2D eigenvalue weighted by Crippen LogP contribution is -2.30. The van der Waals surface area contributed by atoms with Gasteiger partial charge >= 0.3 is 0 Å². The number of carbonyl (C=O) groups is 2. The third-order valence-corrected chi connectivity index (χ3v) is 6.22. The Morgan fingerprint density at radius 1 is 0.939 bits per heavy atom. The molecule has 0 bridgehead atoms. The molecule has 1 saturated heterocycles. The zero-order valence-electron chi connectivity index (χ0n) is 18.8. The van der Waals surface area contributed by atoms with E-state index in [9.17, 15) is 14.7 Å². The maximum absolute atomic E-state index is 13.3. The molecular formula is C27H24ClNO4. The third kappa shape index (κ3) is 3.89. The van der Waals surface area contributed by atoms with E-state index in [1.165, 1.54) is 4.90 Å². The smallest absolute Gasteiger partial charge is 0.300 e. The Balaban J connectivity index is 1.99. The topological polar surface area (TPSA) is 66.8 Å². The average molecular weight is 462 g/mol. The van der Waals surface area contributed by atoms with Crippen LogP contribution in [-0.2, 0) is 9.59 Å². The number of rotatable bonds is 4. The van der Waals surface area contributed by atoms with Crippen LogP contribution in [-0.4, -0.2) is 23.9 Å². The molecule has 1 unspecified atom stereocenters. The third-order valence-electron chi connectivity index (χ3n) is 5.99. The van der Waals surface area contributed by atoms with Gasteiger partial charge in [-0.2, -0.15) is 0 Å². The van der Waals surface area contributed by atoms with Gasteiger partial charge in [0.05, 0.1) is 18.7 Å². The van der Waals surface area contributed by atoms with Gasteiger partial charge in [-0.05, 0) is 67.3 Å². The van der Waals surface area contributed by atoms with Gasteiger partial charge in [0, 0.05) is 16.3 Å². The summed E-state index contributed by atoms with van der Waals surface area (Å²) >= 11 is 6.24. The summed E-state index contributed by atoms with van der Waals surface area (Å²) in [6.45, 7) is 5.54. The average Bonchev–Trinajstić information content (AvgIpc) is 3.07. The van der Waals surface area contributed by atoms with Crippen LogP contribution in [0.4, 0.5) is 5.69 Å². The molecule has 0 aliphatic carbocycles. The molecule has 1 N–H and O–H groups in total. The summed E-state index contributed by atoms with van der Waals surface area (Å²) in [7, 11) is 1.58. The first-order chi connectivity index (χ1) is 15.7. The largest absolute Gasteiger partial charge is 0.507 e. The first kappa shape index (κ1) is 22.6. The fourth-order valence-electron chi connectivity index (χ4n) is 4.28. The van der Waals surface area contributed by atoms with E-state index in [4.69, 9.17) is 16.3 Å². The molecule has 4 rings (SSSR count). The molecule has 0 radical (unpaired) electrons. The van der Waals surface area contributed by atoms with E-state index in [2.05, 4.69) is 0 Å². The van der Waals surface area contributed by atoms with E-state index in [0.717, 1.165) is 16.7 Å². The Morgan fingerprint density at radius 2 is 1.64 bits per heavy atom. The molecule has 1 heterocycles. The Kier molecular flexibility index (Phi) is 6.00. The van der Waals surface area contributed by atoms with Crippen LogP contribution < -0.4 is 9.64 Å². The number of ether oxygens (including phenoxy) is 1. The van der Waals surface area contributed by atoms with Crippen LogP contribution in [0, 0.1) is 20.8 Å². The van der Waals surface area contributed by atoms with Crippen LogP contribution in [0.2, 0.25) is 5.02 Å². The van der Waals surface area contributed by atoms with Crippen molar-refractivity contribution in [3.05, 3.63) is 99.1 Å². The number of amides is 1. The van der Waals surface area contributed by atoms with Crippen molar-refractivity contribution in [1.82, 2.24) is 0 Å². The fourth-order valence-corrected chi connectivity index (χ4v) is 4.45. The van der Waals surface area contributed by atoms with Crippen molar-refractivity contribution < 1.29 is 19.4 Å². The molecular weight excluding hydrogens is 438 g/mol. The van der Waals surface area contributed by atoms with Crippen LogP contribution in [0.5, 0.6) is 5.75 Å². The molecule has 3 aromatic carbocycles. The quantitative estimate of drug-likeness (QED) is 0.298. The Morgan fingerprint density at radius 3 is 2.30 bits per heavy atom. The highest BCUT2D eigenvalue weighted by Gasteiger charge is 2.47. The maximum atomic E-state index is 13.3. The van der Waals surface area contributed by atoms with Gasteiger partial charge in [-0.3, -0.25) is 14.5 Å². The van der Waals surface area contributed by atoms with Gasteiger partial charge in [0.2, 0.25) is 0 Å². The highest BCUT2D eigenvalue weighted by atomic mass is 35.5. The second-order valence-electron chi connectivity index (χ2n) is 8.15. The molecule has 0 saturated carbocycles. The van der Waals surface area contributed by atoms with Gasteiger partial charge in [0.1, 0.15) is 11.5 Å². The van der Waals surface area contributed by atoms with Gasteiger partial charge in [0.15, 0.2) is 0 Å². The van der Waals surface area contributed by atoms with E-state index < -0.39 is 17.7 Å². The minimum absolute atomic E-state index is 0.0400. The summed E-state index contributed by atoms with van der Waals surface area (Å²) in [6.07, 6.45) is 0. The SMILES string of the molecule is COc1cc(C)c(/C(O)=C2\C(=O)C(=O)N(c3cc(Cl)ccc3C)C2c2ccccc2)cc1C. The van der Waals surface area contributed by atoms with Gasteiger partial charge < -0.3 is 9.84 Å². The standard InChI is InChI=1S/C27H24ClNO4/c1-15-10-11-19(28)14-21(15)29-24(18-8-6-5-7-9-18)23(26(31)27(29)32)25(30)20-12-17(3)22(33-4)13-16(20)2/h5-14,24,30H,1-4H3/b25-23+. The summed E-state index contributed by atoms with van der Waals surface area (Å²) in [5.41, 5.74) is 4.08. The second-order valence-corrected chi connectivity index (χ2v) is 8.58. The van der Waals surface area contributed by atoms with Crippen molar-refractivity contribution in [3.8, 4) is 5.75 Å². The number of ketones is 1. The first-order valence-electron chi connectivity index (χ1n) is 10.5. The minimum Gasteiger partial charge on any atom is -0.507 e. The number of methoxy groups -OCH3 is 1. The zero-order valence-corrected chi connectivity index (χ0v) is 19.6. The number of benzene rings is 3. The number of nitrogens with zero attached hydrogens (tertiary/aromatic N) is 1. The number of carbonyl (C=O) groups excluding carboxylic acids is 2.